The van der Waals surface area contributed by atoms with Gasteiger partial charge in [0, 0.05) is 17.5 Å². The molecule has 0 radical (unpaired) electrons. The molecule has 0 aromatic carbocycles. The first-order valence-corrected chi connectivity index (χ1v) is 8.28. The average molecular weight is 297 g/mol. The Morgan fingerprint density at radius 1 is 1.45 bits per heavy atom. The summed E-state index contributed by atoms with van der Waals surface area (Å²) in [6.45, 7) is 7.75. The molecule has 0 saturated carbocycles. The Morgan fingerprint density at radius 3 is 2.75 bits per heavy atom. The Hall–Kier alpha value is -0.940. The largest absolute Gasteiger partial charge is 0.350 e. The van der Waals surface area contributed by atoms with Gasteiger partial charge in [0.1, 0.15) is 5.01 Å². The molecule has 1 atom stereocenters. The molecule has 0 aliphatic heterocycles. The van der Waals surface area contributed by atoms with Crippen LogP contribution in [0.2, 0.25) is 0 Å². The van der Waals surface area contributed by atoms with Gasteiger partial charge in [0.05, 0.1) is 6.54 Å². The van der Waals surface area contributed by atoms with Crippen LogP contribution < -0.4 is 11.1 Å². The van der Waals surface area contributed by atoms with Crippen molar-refractivity contribution in [2.75, 3.05) is 6.54 Å². The highest BCUT2D eigenvalue weighted by molar-refractivity contribution is 7.11. The number of carbonyl (C=O) groups excluding carboxylic acids is 1. The molecule has 1 rings (SSSR count). The van der Waals surface area contributed by atoms with Gasteiger partial charge in [-0.2, -0.15) is 0 Å². The van der Waals surface area contributed by atoms with Gasteiger partial charge >= 0.3 is 0 Å². The van der Waals surface area contributed by atoms with Gasteiger partial charge in [0.2, 0.25) is 5.91 Å². The molecule has 0 saturated heterocycles. The van der Waals surface area contributed by atoms with Crippen molar-refractivity contribution in [1.82, 2.24) is 10.3 Å². The molecule has 1 heterocycles. The maximum atomic E-state index is 11.9. The average Bonchev–Trinajstić information content (AvgIpc) is 2.88. The summed E-state index contributed by atoms with van der Waals surface area (Å²) in [6, 6.07) is 0. The lowest BCUT2D eigenvalue weighted by molar-refractivity contribution is -0.121. The molecule has 114 valence electrons. The van der Waals surface area contributed by atoms with Gasteiger partial charge in [-0.1, -0.05) is 20.8 Å². The second-order valence-electron chi connectivity index (χ2n) is 5.47. The minimum Gasteiger partial charge on any atom is -0.350 e. The Labute approximate surface area is 126 Å². The molecule has 0 aliphatic rings. The van der Waals surface area contributed by atoms with E-state index < -0.39 is 0 Å². The van der Waals surface area contributed by atoms with Crippen LogP contribution in [0.25, 0.3) is 0 Å². The van der Waals surface area contributed by atoms with Crippen LogP contribution in [0.1, 0.15) is 49.9 Å². The minimum absolute atomic E-state index is 0.112. The van der Waals surface area contributed by atoms with Gasteiger partial charge in [-0.15, -0.1) is 11.3 Å². The van der Waals surface area contributed by atoms with Crippen LogP contribution in [-0.2, 0) is 17.8 Å². The molecule has 20 heavy (non-hydrogen) atoms. The van der Waals surface area contributed by atoms with Crippen molar-refractivity contribution >= 4 is 17.2 Å². The number of thiazole rings is 1. The molecule has 1 aromatic heterocycles. The van der Waals surface area contributed by atoms with E-state index in [1.807, 2.05) is 6.20 Å². The van der Waals surface area contributed by atoms with E-state index in [1.165, 1.54) is 4.88 Å². The van der Waals surface area contributed by atoms with E-state index in [0.29, 0.717) is 31.3 Å². The number of nitrogens with two attached hydrogens (primary N) is 1. The summed E-state index contributed by atoms with van der Waals surface area (Å²) in [5.74, 6) is 1.23. The number of amides is 1. The molecule has 4 nitrogen and oxygen atoms in total. The normalized spacial score (nSPS) is 12.7. The molecular formula is C15H27N3OS. The third kappa shape index (κ3) is 6.01. The summed E-state index contributed by atoms with van der Waals surface area (Å²) >= 11 is 1.67. The zero-order valence-corrected chi connectivity index (χ0v) is 13.6. The fraction of sp³-hybridized carbons (Fsp3) is 0.733. The maximum absolute atomic E-state index is 11.9. The molecule has 1 amide bonds. The number of aryl methyl sites for hydroxylation is 1. The lowest BCUT2D eigenvalue weighted by Gasteiger charge is -2.19. The molecule has 1 aromatic rings. The third-order valence-corrected chi connectivity index (χ3v) is 4.75. The predicted molar refractivity (Wildman–Crippen MR) is 84.6 cm³/mol. The molecule has 0 aliphatic carbocycles. The van der Waals surface area contributed by atoms with E-state index in [0.717, 1.165) is 24.3 Å². The minimum atomic E-state index is 0.112. The van der Waals surface area contributed by atoms with Crippen LogP contribution in [0.5, 0.6) is 0 Å². The van der Waals surface area contributed by atoms with Crippen molar-refractivity contribution in [3.63, 3.8) is 0 Å². The van der Waals surface area contributed by atoms with E-state index in [9.17, 15) is 4.79 Å². The van der Waals surface area contributed by atoms with Crippen molar-refractivity contribution in [3.8, 4) is 0 Å². The van der Waals surface area contributed by atoms with Crippen LogP contribution in [-0.4, -0.2) is 17.4 Å². The van der Waals surface area contributed by atoms with Crippen molar-refractivity contribution < 1.29 is 4.79 Å². The number of hydrogen-bond donors (Lipinski definition) is 2. The smallest absolute Gasteiger partial charge is 0.220 e. The third-order valence-electron chi connectivity index (χ3n) is 3.61. The number of nitrogens with one attached hydrogen (secondary N) is 1. The van der Waals surface area contributed by atoms with E-state index >= 15 is 0 Å². The summed E-state index contributed by atoms with van der Waals surface area (Å²) in [5, 5.41) is 3.93. The predicted octanol–water partition coefficient (Wildman–Crippen LogP) is 2.72. The number of nitrogens with zero attached hydrogens (tertiary/aromatic N) is 1. The Kier molecular flexibility index (Phi) is 7.77. The van der Waals surface area contributed by atoms with E-state index in [1.54, 1.807) is 11.3 Å². The molecule has 3 N–H and O–H groups in total. The van der Waals surface area contributed by atoms with Crippen molar-refractivity contribution in [2.45, 2.75) is 53.0 Å². The van der Waals surface area contributed by atoms with Gasteiger partial charge in [-0.05, 0) is 37.6 Å². The van der Waals surface area contributed by atoms with E-state index in [-0.39, 0.29) is 5.91 Å². The van der Waals surface area contributed by atoms with Crippen LogP contribution in [0.4, 0.5) is 0 Å². The monoisotopic (exact) mass is 297 g/mol. The standard InChI is InChI=1S/C15H27N3OS/c1-4-13-9-18-15(20-13)10-17-14(19)6-5-12(7-8-16)11(2)3/h9,11-12H,4-8,10,16H2,1-3H3,(H,17,19). The summed E-state index contributed by atoms with van der Waals surface area (Å²) in [6.07, 6.45) is 5.38. The van der Waals surface area contributed by atoms with Crippen molar-refractivity contribution in [2.24, 2.45) is 17.6 Å². The fourth-order valence-corrected chi connectivity index (χ4v) is 3.00. The van der Waals surface area contributed by atoms with E-state index in [4.69, 9.17) is 5.73 Å². The highest BCUT2D eigenvalue weighted by Gasteiger charge is 2.14. The number of hydrogen-bond acceptors (Lipinski definition) is 4. The van der Waals surface area contributed by atoms with Crippen LogP contribution in [0, 0.1) is 11.8 Å². The first kappa shape index (κ1) is 17.1. The molecule has 0 bridgehead atoms. The molecular weight excluding hydrogens is 270 g/mol. The second kappa shape index (κ2) is 9.08. The second-order valence-corrected chi connectivity index (χ2v) is 6.67. The lowest BCUT2D eigenvalue weighted by atomic mass is 9.88. The van der Waals surface area contributed by atoms with Crippen molar-refractivity contribution in [3.05, 3.63) is 16.1 Å². The zero-order chi connectivity index (χ0) is 15.0. The van der Waals surface area contributed by atoms with Crippen molar-refractivity contribution in [1.29, 1.82) is 0 Å². The Bertz CT molecular complexity index is 404. The quantitative estimate of drug-likeness (QED) is 0.736. The number of aromatic nitrogens is 1. The van der Waals surface area contributed by atoms with Gasteiger partial charge in [0.15, 0.2) is 0 Å². The number of rotatable bonds is 9. The van der Waals surface area contributed by atoms with Crippen LogP contribution >= 0.6 is 11.3 Å². The number of carbonyl (C=O) groups is 1. The Morgan fingerprint density at radius 2 is 2.20 bits per heavy atom. The summed E-state index contributed by atoms with van der Waals surface area (Å²) in [5.41, 5.74) is 5.62. The summed E-state index contributed by atoms with van der Waals surface area (Å²) < 4.78 is 0. The summed E-state index contributed by atoms with van der Waals surface area (Å²) in [4.78, 5) is 17.4. The maximum Gasteiger partial charge on any atom is 0.220 e. The topological polar surface area (TPSA) is 68.0 Å². The molecule has 5 heteroatoms. The van der Waals surface area contributed by atoms with E-state index in [2.05, 4.69) is 31.1 Å². The Balaban J connectivity index is 2.29. The highest BCUT2D eigenvalue weighted by Crippen LogP contribution is 2.20. The molecule has 1 unspecified atom stereocenters. The van der Waals surface area contributed by atoms with Gasteiger partial charge in [0.25, 0.3) is 0 Å². The molecule has 0 fully saturated rings. The fourth-order valence-electron chi connectivity index (χ4n) is 2.20. The van der Waals surface area contributed by atoms with Crippen LogP contribution in [0.15, 0.2) is 6.20 Å². The van der Waals surface area contributed by atoms with Crippen LogP contribution in [0.3, 0.4) is 0 Å². The highest BCUT2D eigenvalue weighted by atomic mass is 32.1. The SMILES string of the molecule is CCc1cnc(CNC(=O)CCC(CCN)C(C)C)s1. The first-order chi connectivity index (χ1) is 9.56. The lowest BCUT2D eigenvalue weighted by Crippen LogP contribution is -2.24. The summed E-state index contributed by atoms with van der Waals surface area (Å²) in [7, 11) is 0. The molecule has 0 spiro atoms. The first-order valence-electron chi connectivity index (χ1n) is 7.47. The van der Waals surface area contributed by atoms with Gasteiger partial charge < -0.3 is 11.1 Å². The van der Waals surface area contributed by atoms with Gasteiger partial charge in [-0.25, -0.2) is 4.98 Å². The van der Waals surface area contributed by atoms with Gasteiger partial charge in [-0.3, -0.25) is 4.79 Å². The zero-order valence-electron chi connectivity index (χ0n) is 12.8.